The number of carbonyl (C=O) groups is 1. The zero-order valence-corrected chi connectivity index (χ0v) is 17.9. The van der Waals surface area contributed by atoms with E-state index in [-0.39, 0.29) is 16.4 Å². The summed E-state index contributed by atoms with van der Waals surface area (Å²) in [6.07, 6.45) is 0. The fourth-order valence-corrected chi connectivity index (χ4v) is 3.88. The van der Waals surface area contributed by atoms with Crippen molar-refractivity contribution in [2.75, 3.05) is 28.3 Å². The van der Waals surface area contributed by atoms with Gasteiger partial charge < -0.3 is 9.64 Å². The quantitative estimate of drug-likeness (QED) is 0.598. The van der Waals surface area contributed by atoms with Crippen LogP contribution < -0.4 is 4.74 Å². The fraction of sp³-hybridized carbons (Fsp3) is 0.278. The van der Waals surface area contributed by atoms with E-state index < -0.39 is 10.0 Å². The highest BCUT2D eigenvalue weighted by Crippen LogP contribution is 2.25. The van der Waals surface area contributed by atoms with Gasteiger partial charge in [-0.3, -0.25) is 9.63 Å². The van der Waals surface area contributed by atoms with Crippen LogP contribution in [0.4, 0.5) is 0 Å². The van der Waals surface area contributed by atoms with Gasteiger partial charge >= 0.3 is 0 Å². The highest BCUT2D eigenvalue weighted by molar-refractivity contribution is 9.10. The summed E-state index contributed by atoms with van der Waals surface area (Å²) in [6, 6.07) is 11.4. The lowest BCUT2D eigenvalue weighted by Crippen LogP contribution is -2.28. The first-order valence-corrected chi connectivity index (χ1v) is 10.1. The zero-order chi connectivity index (χ0) is 20.2. The number of benzene rings is 2. The number of hydrogen-bond donors (Lipinski definition) is 0. The summed E-state index contributed by atoms with van der Waals surface area (Å²) in [6.45, 7) is 0.302. The minimum Gasteiger partial charge on any atom is -0.496 e. The predicted octanol–water partition coefficient (Wildman–Crippen LogP) is 2.91. The molecule has 27 heavy (non-hydrogen) atoms. The molecule has 0 aliphatic carbocycles. The topological polar surface area (TPSA) is 76.2 Å². The number of rotatable bonds is 7. The number of methoxy groups -OCH3 is 1. The van der Waals surface area contributed by atoms with Gasteiger partial charge in [0.2, 0.25) is 0 Å². The average molecular weight is 457 g/mol. The van der Waals surface area contributed by atoms with Crippen LogP contribution in [0.5, 0.6) is 5.75 Å². The van der Waals surface area contributed by atoms with Crippen molar-refractivity contribution in [3.8, 4) is 5.75 Å². The first kappa shape index (κ1) is 21.4. The summed E-state index contributed by atoms with van der Waals surface area (Å²) in [5.41, 5.74) is 1.09. The molecular formula is C18H21BrN2O5S. The van der Waals surface area contributed by atoms with Crippen LogP contribution in [-0.4, -0.2) is 52.0 Å². The van der Waals surface area contributed by atoms with Crippen molar-refractivity contribution >= 4 is 31.9 Å². The van der Waals surface area contributed by atoms with E-state index in [1.165, 1.54) is 37.3 Å². The minimum atomic E-state index is -3.83. The maximum Gasteiger partial charge on any atom is 0.264 e. The van der Waals surface area contributed by atoms with Crippen LogP contribution in [0.25, 0.3) is 0 Å². The zero-order valence-electron chi connectivity index (χ0n) is 15.5. The van der Waals surface area contributed by atoms with Crippen molar-refractivity contribution in [2.45, 2.75) is 11.4 Å². The second-order valence-electron chi connectivity index (χ2n) is 5.74. The molecule has 0 fully saturated rings. The molecule has 0 bridgehead atoms. The monoisotopic (exact) mass is 456 g/mol. The summed E-state index contributed by atoms with van der Waals surface area (Å²) in [7, 11) is 1.92. The van der Waals surface area contributed by atoms with E-state index in [4.69, 9.17) is 9.57 Å². The Hall–Kier alpha value is -1.94. The Morgan fingerprint density at radius 1 is 1.11 bits per heavy atom. The highest BCUT2D eigenvalue weighted by atomic mass is 79.9. The SMILES string of the molecule is COc1ccc(Br)cc1CN(C)C(=O)c1cccc(S(=O)(=O)N(C)OC)c1. The summed E-state index contributed by atoms with van der Waals surface area (Å²) >= 11 is 3.41. The maximum atomic E-state index is 12.8. The molecule has 7 nitrogen and oxygen atoms in total. The van der Waals surface area contributed by atoms with Gasteiger partial charge in [0.15, 0.2) is 0 Å². The van der Waals surface area contributed by atoms with Crippen LogP contribution in [0, 0.1) is 0 Å². The largest absolute Gasteiger partial charge is 0.496 e. The molecule has 0 saturated carbocycles. The third kappa shape index (κ3) is 4.86. The van der Waals surface area contributed by atoms with Crippen molar-refractivity contribution in [1.82, 2.24) is 9.37 Å². The smallest absolute Gasteiger partial charge is 0.264 e. The third-order valence-electron chi connectivity index (χ3n) is 3.97. The highest BCUT2D eigenvalue weighted by Gasteiger charge is 2.23. The number of halogens is 1. The predicted molar refractivity (Wildman–Crippen MR) is 105 cm³/mol. The number of ether oxygens (including phenoxy) is 1. The number of amides is 1. The molecule has 0 spiro atoms. The van der Waals surface area contributed by atoms with E-state index >= 15 is 0 Å². The van der Waals surface area contributed by atoms with Crippen LogP contribution in [0.15, 0.2) is 51.8 Å². The fourth-order valence-electron chi connectivity index (χ4n) is 2.45. The summed E-state index contributed by atoms with van der Waals surface area (Å²) in [5.74, 6) is 0.352. The molecule has 0 aliphatic rings. The van der Waals surface area contributed by atoms with E-state index in [1.807, 2.05) is 18.2 Å². The van der Waals surface area contributed by atoms with E-state index in [0.717, 1.165) is 14.5 Å². The van der Waals surface area contributed by atoms with Crippen LogP contribution >= 0.6 is 15.9 Å². The van der Waals surface area contributed by atoms with Gasteiger partial charge in [-0.05, 0) is 36.4 Å². The third-order valence-corrected chi connectivity index (χ3v) is 6.14. The molecule has 2 aromatic carbocycles. The summed E-state index contributed by atoms with van der Waals surface area (Å²) in [4.78, 5) is 19.0. The first-order valence-electron chi connectivity index (χ1n) is 7.91. The van der Waals surface area contributed by atoms with Crippen molar-refractivity contribution in [3.63, 3.8) is 0 Å². The summed E-state index contributed by atoms with van der Waals surface area (Å²) in [5, 5.41) is 0. The van der Waals surface area contributed by atoms with Gasteiger partial charge in [-0.1, -0.05) is 26.5 Å². The van der Waals surface area contributed by atoms with Gasteiger partial charge in [0.05, 0.1) is 19.1 Å². The van der Waals surface area contributed by atoms with E-state index in [1.54, 1.807) is 20.2 Å². The molecule has 0 atom stereocenters. The number of hydroxylamine groups is 1. The van der Waals surface area contributed by atoms with Crippen molar-refractivity contribution in [3.05, 3.63) is 58.1 Å². The van der Waals surface area contributed by atoms with Gasteiger partial charge in [-0.25, -0.2) is 8.42 Å². The Labute approximate surface area is 167 Å². The Morgan fingerprint density at radius 3 is 2.44 bits per heavy atom. The minimum absolute atomic E-state index is 0.0221. The molecule has 1 amide bonds. The molecule has 0 saturated heterocycles. The molecule has 0 heterocycles. The second kappa shape index (κ2) is 8.83. The van der Waals surface area contributed by atoms with Crippen LogP contribution in [0.3, 0.4) is 0 Å². The average Bonchev–Trinajstić information content (AvgIpc) is 2.66. The van der Waals surface area contributed by atoms with Crippen LogP contribution in [-0.2, 0) is 21.4 Å². The Balaban J connectivity index is 2.28. The molecule has 0 N–H and O–H groups in total. The Bertz CT molecular complexity index is 933. The normalized spacial score (nSPS) is 11.5. The molecule has 2 rings (SSSR count). The molecule has 146 valence electrons. The van der Waals surface area contributed by atoms with Crippen molar-refractivity contribution in [1.29, 1.82) is 0 Å². The summed E-state index contributed by atoms with van der Waals surface area (Å²) < 4.78 is 31.7. The van der Waals surface area contributed by atoms with Gasteiger partial charge in [-0.15, -0.1) is 0 Å². The lowest BCUT2D eigenvalue weighted by atomic mass is 10.1. The van der Waals surface area contributed by atoms with E-state index in [9.17, 15) is 13.2 Å². The number of hydrogen-bond acceptors (Lipinski definition) is 5. The number of sulfonamides is 1. The molecular weight excluding hydrogens is 436 g/mol. The number of nitrogens with zero attached hydrogens (tertiary/aromatic N) is 2. The molecule has 0 aromatic heterocycles. The first-order chi connectivity index (χ1) is 12.7. The van der Waals surface area contributed by atoms with Crippen molar-refractivity contribution < 1.29 is 22.8 Å². The maximum absolute atomic E-state index is 12.8. The Kier molecular flexibility index (Phi) is 6.99. The Morgan fingerprint density at radius 2 is 1.81 bits per heavy atom. The van der Waals surface area contributed by atoms with Gasteiger partial charge in [0, 0.05) is 36.2 Å². The van der Waals surface area contributed by atoms with Crippen LogP contribution in [0.2, 0.25) is 0 Å². The van der Waals surface area contributed by atoms with Crippen molar-refractivity contribution in [2.24, 2.45) is 0 Å². The molecule has 2 aromatic rings. The van der Waals surface area contributed by atoms with Gasteiger partial charge in [0.1, 0.15) is 5.75 Å². The molecule has 0 aliphatic heterocycles. The van der Waals surface area contributed by atoms with Gasteiger partial charge in [0.25, 0.3) is 15.9 Å². The van der Waals surface area contributed by atoms with E-state index in [2.05, 4.69) is 15.9 Å². The number of carbonyl (C=O) groups excluding carboxylic acids is 1. The van der Waals surface area contributed by atoms with E-state index in [0.29, 0.717) is 12.3 Å². The molecule has 9 heteroatoms. The van der Waals surface area contributed by atoms with Gasteiger partial charge in [-0.2, -0.15) is 0 Å². The lowest BCUT2D eigenvalue weighted by Gasteiger charge is -2.20. The second-order valence-corrected chi connectivity index (χ2v) is 8.59. The molecule has 0 unspecified atom stereocenters. The van der Waals surface area contributed by atoms with Crippen LogP contribution in [0.1, 0.15) is 15.9 Å². The lowest BCUT2D eigenvalue weighted by molar-refractivity contribution is -0.0258. The molecule has 0 radical (unpaired) electrons. The standard InChI is InChI=1S/C18H21BrN2O5S/c1-20(12-14-10-15(19)8-9-17(14)25-3)18(22)13-6-5-7-16(11-13)27(23,24)21(2)26-4/h5-11H,12H2,1-4H3.